The molecule has 1 aromatic carbocycles. The standard InChI is InChI=1S/C14H19BrN2O2/c1-9(18)11-5-4-10(8-12(11)15)17-7-6-16-13(19)14(17,2)3/h4-5,8-9,18H,6-7H2,1-3H3,(H,16,19). The smallest absolute Gasteiger partial charge is 0.245 e. The van der Waals surface area contributed by atoms with Gasteiger partial charge < -0.3 is 15.3 Å². The minimum atomic E-state index is -0.565. The van der Waals surface area contributed by atoms with Crippen molar-refractivity contribution in [3.63, 3.8) is 0 Å². The van der Waals surface area contributed by atoms with Crippen molar-refractivity contribution in [1.82, 2.24) is 5.32 Å². The molecule has 0 saturated carbocycles. The van der Waals surface area contributed by atoms with E-state index in [1.165, 1.54) is 0 Å². The molecule has 0 aromatic heterocycles. The molecule has 0 bridgehead atoms. The summed E-state index contributed by atoms with van der Waals surface area (Å²) in [5.41, 5.74) is 1.27. The number of hydrogen-bond acceptors (Lipinski definition) is 3. The lowest BCUT2D eigenvalue weighted by Crippen LogP contribution is -2.62. The first-order chi connectivity index (χ1) is 8.84. The number of halogens is 1. The molecule has 1 aliphatic heterocycles. The lowest BCUT2D eigenvalue weighted by atomic mass is 9.97. The molecule has 2 rings (SSSR count). The Morgan fingerprint density at radius 1 is 1.47 bits per heavy atom. The van der Waals surface area contributed by atoms with Crippen LogP contribution in [0, 0.1) is 0 Å². The highest BCUT2D eigenvalue weighted by atomic mass is 79.9. The Morgan fingerprint density at radius 3 is 2.74 bits per heavy atom. The van der Waals surface area contributed by atoms with E-state index in [4.69, 9.17) is 0 Å². The molecule has 2 N–H and O–H groups in total. The Hall–Kier alpha value is -1.07. The average molecular weight is 327 g/mol. The van der Waals surface area contributed by atoms with Gasteiger partial charge in [0.25, 0.3) is 0 Å². The Kier molecular flexibility index (Phi) is 3.87. The van der Waals surface area contributed by atoms with Crippen LogP contribution in [0.15, 0.2) is 22.7 Å². The van der Waals surface area contributed by atoms with Gasteiger partial charge in [0.15, 0.2) is 0 Å². The highest BCUT2D eigenvalue weighted by Gasteiger charge is 2.37. The van der Waals surface area contributed by atoms with Crippen molar-refractivity contribution in [3.05, 3.63) is 28.2 Å². The molecule has 1 aromatic rings. The van der Waals surface area contributed by atoms with Gasteiger partial charge in [-0.05, 0) is 38.5 Å². The average Bonchev–Trinajstić information content (AvgIpc) is 2.32. The molecule has 1 unspecified atom stereocenters. The van der Waals surface area contributed by atoms with Gasteiger partial charge in [-0.1, -0.05) is 22.0 Å². The predicted molar refractivity (Wildman–Crippen MR) is 79.2 cm³/mol. The van der Waals surface area contributed by atoms with Crippen LogP contribution in [0.4, 0.5) is 5.69 Å². The van der Waals surface area contributed by atoms with E-state index < -0.39 is 11.6 Å². The number of amides is 1. The summed E-state index contributed by atoms with van der Waals surface area (Å²) in [5.74, 6) is 0.0366. The fourth-order valence-electron chi connectivity index (χ4n) is 2.37. The molecule has 1 heterocycles. The molecule has 1 saturated heterocycles. The third-order valence-electron chi connectivity index (χ3n) is 3.60. The van der Waals surface area contributed by atoms with Crippen LogP contribution in [0.1, 0.15) is 32.4 Å². The minimum Gasteiger partial charge on any atom is -0.389 e. The Labute approximate surface area is 121 Å². The van der Waals surface area contributed by atoms with Gasteiger partial charge in [0.1, 0.15) is 5.54 Å². The maximum Gasteiger partial charge on any atom is 0.245 e. The first-order valence-corrected chi connectivity index (χ1v) is 7.17. The van der Waals surface area contributed by atoms with Crippen LogP contribution in [-0.4, -0.2) is 29.6 Å². The van der Waals surface area contributed by atoms with Gasteiger partial charge in [-0.15, -0.1) is 0 Å². The molecule has 5 heteroatoms. The monoisotopic (exact) mass is 326 g/mol. The number of aliphatic hydroxyl groups is 1. The van der Waals surface area contributed by atoms with E-state index in [1.54, 1.807) is 6.92 Å². The Balaban J connectivity index is 2.36. The summed E-state index contributed by atoms with van der Waals surface area (Å²) >= 11 is 3.48. The molecule has 1 aliphatic rings. The van der Waals surface area contributed by atoms with E-state index in [9.17, 15) is 9.90 Å². The largest absolute Gasteiger partial charge is 0.389 e. The van der Waals surface area contributed by atoms with E-state index >= 15 is 0 Å². The molecular weight excluding hydrogens is 308 g/mol. The van der Waals surface area contributed by atoms with E-state index in [0.29, 0.717) is 6.54 Å². The van der Waals surface area contributed by atoms with Gasteiger partial charge >= 0.3 is 0 Å². The van der Waals surface area contributed by atoms with Crippen molar-refractivity contribution in [1.29, 1.82) is 0 Å². The zero-order valence-electron chi connectivity index (χ0n) is 11.4. The van der Waals surface area contributed by atoms with Crippen molar-refractivity contribution in [2.75, 3.05) is 18.0 Å². The summed E-state index contributed by atoms with van der Waals surface area (Å²) in [6.45, 7) is 6.99. The second-order valence-corrected chi connectivity index (χ2v) is 6.20. The molecule has 19 heavy (non-hydrogen) atoms. The molecule has 0 spiro atoms. The number of rotatable bonds is 2. The third-order valence-corrected chi connectivity index (χ3v) is 4.28. The van der Waals surface area contributed by atoms with Crippen molar-refractivity contribution < 1.29 is 9.90 Å². The van der Waals surface area contributed by atoms with Crippen LogP contribution in [0.2, 0.25) is 0 Å². The Morgan fingerprint density at radius 2 is 2.16 bits per heavy atom. The number of anilines is 1. The lowest BCUT2D eigenvalue weighted by Gasteiger charge is -2.43. The van der Waals surface area contributed by atoms with Gasteiger partial charge in [0, 0.05) is 23.2 Å². The quantitative estimate of drug-likeness (QED) is 0.876. The number of carbonyl (C=O) groups excluding carboxylic acids is 1. The van der Waals surface area contributed by atoms with E-state index in [-0.39, 0.29) is 5.91 Å². The molecular formula is C14H19BrN2O2. The SMILES string of the molecule is CC(O)c1ccc(N2CCNC(=O)C2(C)C)cc1Br. The van der Waals surface area contributed by atoms with Crippen LogP contribution >= 0.6 is 15.9 Å². The number of piperazine rings is 1. The van der Waals surface area contributed by atoms with Crippen LogP contribution in [-0.2, 0) is 4.79 Å². The minimum absolute atomic E-state index is 0.0366. The first-order valence-electron chi connectivity index (χ1n) is 6.37. The molecule has 0 radical (unpaired) electrons. The summed E-state index contributed by atoms with van der Waals surface area (Å²) in [5, 5.41) is 12.5. The highest BCUT2D eigenvalue weighted by molar-refractivity contribution is 9.10. The topological polar surface area (TPSA) is 52.6 Å². The van der Waals surface area contributed by atoms with Gasteiger partial charge in [0.05, 0.1) is 6.10 Å². The number of aliphatic hydroxyl groups excluding tert-OH is 1. The zero-order valence-corrected chi connectivity index (χ0v) is 13.0. The first kappa shape index (κ1) is 14.3. The summed E-state index contributed by atoms with van der Waals surface area (Å²) in [7, 11) is 0. The fraction of sp³-hybridized carbons (Fsp3) is 0.500. The molecule has 4 nitrogen and oxygen atoms in total. The molecule has 1 fully saturated rings. The van der Waals surface area contributed by atoms with Gasteiger partial charge in [-0.25, -0.2) is 0 Å². The normalized spacial score (nSPS) is 20.1. The number of benzene rings is 1. The predicted octanol–water partition coefficient (Wildman–Crippen LogP) is 2.22. The molecule has 0 aliphatic carbocycles. The maximum atomic E-state index is 12.0. The van der Waals surface area contributed by atoms with Crippen molar-refractivity contribution in [2.45, 2.75) is 32.4 Å². The Bertz CT molecular complexity index is 500. The van der Waals surface area contributed by atoms with Crippen LogP contribution < -0.4 is 10.2 Å². The fourth-order valence-corrected chi connectivity index (χ4v) is 3.07. The number of nitrogens with one attached hydrogen (secondary N) is 1. The number of carbonyl (C=O) groups is 1. The molecule has 104 valence electrons. The van der Waals surface area contributed by atoms with Crippen molar-refractivity contribution >= 4 is 27.5 Å². The second kappa shape index (κ2) is 5.13. The van der Waals surface area contributed by atoms with Gasteiger partial charge in [-0.3, -0.25) is 4.79 Å². The molecule has 1 amide bonds. The van der Waals surface area contributed by atoms with Crippen LogP contribution in [0.5, 0.6) is 0 Å². The summed E-state index contributed by atoms with van der Waals surface area (Å²) in [6.07, 6.45) is -0.513. The summed E-state index contributed by atoms with van der Waals surface area (Å²) < 4.78 is 0.863. The molecule has 1 atom stereocenters. The van der Waals surface area contributed by atoms with Gasteiger partial charge in [-0.2, -0.15) is 0 Å². The van der Waals surface area contributed by atoms with E-state index in [1.807, 2.05) is 32.0 Å². The van der Waals surface area contributed by atoms with Crippen LogP contribution in [0.25, 0.3) is 0 Å². The maximum absolute atomic E-state index is 12.0. The number of nitrogens with zero attached hydrogens (tertiary/aromatic N) is 1. The summed E-state index contributed by atoms with van der Waals surface area (Å²) in [6, 6.07) is 5.81. The van der Waals surface area contributed by atoms with E-state index in [2.05, 4.69) is 26.1 Å². The third kappa shape index (κ3) is 2.62. The van der Waals surface area contributed by atoms with Gasteiger partial charge in [0.2, 0.25) is 5.91 Å². The summed E-state index contributed by atoms with van der Waals surface area (Å²) in [4.78, 5) is 14.0. The lowest BCUT2D eigenvalue weighted by molar-refractivity contribution is -0.126. The second-order valence-electron chi connectivity index (χ2n) is 5.35. The van der Waals surface area contributed by atoms with Crippen LogP contribution in [0.3, 0.4) is 0 Å². The highest BCUT2D eigenvalue weighted by Crippen LogP contribution is 2.32. The number of hydrogen-bond donors (Lipinski definition) is 2. The van der Waals surface area contributed by atoms with Crippen molar-refractivity contribution in [3.8, 4) is 0 Å². The zero-order chi connectivity index (χ0) is 14.2. The van der Waals surface area contributed by atoms with E-state index in [0.717, 1.165) is 22.3 Å². The van der Waals surface area contributed by atoms with Crippen molar-refractivity contribution in [2.24, 2.45) is 0 Å².